The summed E-state index contributed by atoms with van der Waals surface area (Å²) in [6.07, 6.45) is 6.30. The SMILES string of the molecule is CN1CCC(C(=O)O)(C2CCCC2)CC1(C)C. The summed E-state index contributed by atoms with van der Waals surface area (Å²) in [5.41, 5.74) is -0.439. The van der Waals surface area contributed by atoms with Gasteiger partial charge in [-0.3, -0.25) is 4.79 Å². The summed E-state index contributed by atoms with van der Waals surface area (Å²) < 4.78 is 0. The number of carboxylic acids is 1. The minimum absolute atomic E-state index is 0.0131. The van der Waals surface area contributed by atoms with Crippen LogP contribution in [0.1, 0.15) is 52.4 Å². The van der Waals surface area contributed by atoms with Crippen molar-refractivity contribution in [3.05, 3.63) is 0 Å². The lowest BCUT2D eigenvalue weighted by Gasteiger charge is -2.50. The fourth-order valence-electron chi connectivity index (χ4n) is 3.85. The molecule has 1 aliphatic carbocycles. The fraction of sp³-hybridized carbons (Fsp3) is 0.929. The number of piperidine rings is 1. The Balaban J connectivity index is 2.26. The van der Waals surface area contributed by atoms with Crippen LogP contribution < -0.4 is 0 Å². The van der Waals surface area contributed by atoms with Crippen molar-refractivity contribution in [2.24, 2.45) is 11.3 Å². The molecule has 1 N–H and O–H groups in total. The van der Waals surface area contributed by atoms with Crippen LogP contribution in [0.5, 0.6) is 0 Å². The summed E-state index contributed by atoms with van der Waals surface area (Å²) in [6.45, 7) is 5.27. The molecule has 17 heavy (non-hydrogen) atoms. The molecule has 1 saturated carbocycles. The highest BCUT2D eigenvalue weighted by atomic mass is 16.4. The van der Waals surface area contributed by atoms with Crippen LogP contribution in [-0.4, -0.2) is 35.1 Å². The van der Waals surface area contributed by atoms with Gasteiger partial charge in [0.05, 0.1) is 5.41 Å². The van der Waals surface area contributed by atoms with Gasteiger partial charge in [-0.15, -0.1) is 0 Å². The molecule has 1 aliphatic heterocycles. The van der Waals surface area contributed by atoms with Crippen molar-refractivity contribution in [3.8, 4) is 0 Å². The molecule has 1 unspecified atom stereocenters. The van der Waals surface area contributed by atoms with E-state index >= 15 is 0 Å². The van der Waals surface area contributed by atoms with Gasteiger partial charge in [0.1, 0.15) is 0 Å². The van der Waals surface area contributed by atoms with E-state index in [1.165, 1.54) is 12.8 Å². The van der Waals surface area contributed by atoms with Crippen molar-refractivity contribution in [1.82, 2.24) is 4.90 Å². The van der Waals surface area contributed by atoms with Crippen LogP contribution in [0.2, 0.25) is 0 Å². The molecule has 0 radical (unpaired) electrons. The first-order valence-electron chi connectivity index (χ1n) is 6.83. The minimum Gasteiger partial charge on any atom is -0.481 e. The zero-order valence-electron chi connectivity index (χ0n) is 11.3. The zero-order chi connectivity index (χ0) is 12.7. The Kier molecular flexibility index (Phi) is 3.23. The van der Waals surface area contributed by atoms with Gasteiger partial charge in [0.15, 0.2) is 0 Å². The molecule has 0 aromatic heterocycles. The Bertz CT molecular complexity index is 307. The topological polar surface area (TPSA) is 40.5 Å². The summed E-state index contributed by atoms with van der Waals surface area (Å²) in [5.74, 6) is -0.140. The van der Waals surface area contributed by atoms with E-state index in [0.29, 0.717) is 5.92 Å². The summed E-state index contributed by atoms with van der Waals surface area (Å²) in [6, 6.07) is 0. The molecule has 2 aliphatic rings. The lowest BCUT2D eigenvalue weighted by molar-refractivity contribution is -0.161. The van der Waals surface area contributed by atoms with Gasteiger partial charge >= 0.3 is 5.97 Å². The van der Waals surface area contributed by atoms with E-state index in [1.54, 1.807) is 0 Å². The summed E-state index contributed by atoms with van der Waals surface area (Å²) in [7, 11) is 2.11. The fourth-order valence-corrected chi connectivity index (χ4v) is 3.85. The van der Waals surface area contributed by atoms with Crippen molar-refractivity contribution in [1.29, 1.82) is 0 Å². The van der Waals surface area contributed by atoms with Crippen molar-refractivity contribution in [3.63, 3.8) is 0 Å². The van der Waals surface area contributed by atoms with E-state index in [9.17, 15) is 9.90 Å². The number of carboxylic acid groups (broad SMARTS) is 1. The smallest absolute Gasteiger partial charge is 0.310 e. The largest absolute Gasteiger partial charge is 0.481 e. The van der Waals surface area contributed by atoms with Crippen molar-refractivity contribution >= 4 is 5.97 Å². The van der Waals surface area contributed by atoms with E-state index < -0.39 is 11.4 Å². The maximum Gasteiger partial charge on any atom is 0.310 e. The molecule has 0 spiro atoms. The second-order valence-corrected chi connectivity index (χ2v) is 6.60. The number of hydrogen-bond acceptors (Lipinski definition) is 2. The third-order valence-electron chi connectivity index (χ3n) is 5.24. The van der Waals surface area contributed by atoms with E-state index in [-0.39, 0.29) is 5.54 Å². The van der Waals surface area contributed by atoms with Gasteiger partial charge < -0.3 is 10.0 Å². The lowest BCUT2D eigenvalue weighted by Crippen LogP contribution is -2.56. The highest BCUT2D eigenvalue weighted by molar-refractivity contribution is 5.75. The third-order valence-corrected chi connectivity index (χ3v) is 5.24. The number of aliphatic carboxylic acids is 1. The Hall–Kier alpha value is -0.570. The number of rotatable bonds is 2. The average Bonchev–Trinajstić information content (AvgIpc) is 2.75. The summed E-state index contributed by atoms with van der Waals surface area (Å²) in [5, 5.41) is 9.75. The Morgan fingerprint density at radius 2 is 1.88 bits per heavy atom. The molecule has 2 rings (SSSR count). The van der Waals surface area contributed by atoms with Crippen LogP contribution in [-0.2, 0) is 4.79 Å². The lowest BCUT2D eigenvalue weighted by atomic mass is 9.63. The van der Waals surface area contributed by atoms with Crippen LogP contribution in [0, 0.1) is 11.3 Å². The van der Waals surface area contributed by atoms with Crippen LogP contribution in [0.25, 0.3) is 0 Å². The molecule has 0 aromatic carbocycles. The first-order valence-corrected chi connectivity index (χ1v) is 6.83. The molecule has 3 heteroatoms. The first kappa shape index (κ1) is 12.9. The van der Waals surface area contributed by atoms with Gasteiger partial charge in [0.2, 0.25) is 0 Å². The van der Waals surface area contributed by atoms with Gasteiger partial charge in [0, 0.05) is 5.54 Å². The van der Waals surface area contributed by atoms with Crippen LogP contribution in [0.15, 0.2) is 0 Å². The normalized spacial score (nSPS) is 35.0. The monoisotopic (exact) mass is 239 g/mol. The Morgan fingerprint density at radius 3 is 2.35 bits per heavy atom. The van der Waals surface area contributed by atoms with E-state index in [0.717, 1.165) is 32.2 Å². The Labute approximate surface area is 104 Å². The second kappa shape index (κ2) is 4.27. The number of carbonyl (C=O) groups is 1. The standard InChI is InChI=1S/C14H25NO2/c1-13(2)10-14(12(16)17,8-9-15(13)3)11-6-4-5-7-11/h11H,4-10H2,1-3H3,(H,16,17). The quantitative estimate of drug-likeness (QED) is 0.805. The molecule has 1 heterocycles. The van der Waals surface area contributed by atoms with Gasteiger partial charge in [-0.1, -0.05) is 12.8 Å². The second-order valence-electron chi connectivity index (χ2n) is 6.60. The molecule has 0 amide bonds. The third kappa shape index (κ3) is 2.10. The molecule has 1 atom stereocenters. The van der Waals surface area contributed by atoms with Gasteiger partial charge in [0.25, 0.3) is 0 Å². The number of likely N-dealkylation sites (tertiary alicyclic amines) is 1. The van der Waals surface area contributed by atoms with Crippen LogP contribution in [0.4, 0.5) is 0 Å². The summed E-state index contributed by atoms with van der Waals surface area (Å²) in [4.78, 5) is 14.1. The van der Waals surface area contributed by atoms with Crippen LogP contribution >= 0.6 is 0 Å². The summed E-state index contributed by atoms with van der Waals surface area (Å²) >= 11 is 0. The van der Waals surface area contributed by atoms with Crippen molar-refractivity contribution in [2.75, 3.05) is 13.6 Å². The van der Waals surface area contributed by atoms with E-state index in [1.807, 2.05) is 0 Å². The molecule has 2 fully saturated rings. The maximum absolute atomic E-state index is 11.8. The van der Waals surface area contributed by atoms with Crippen molar-refractivity contribution < 1.29 is 9.90 Å². The highest BCUT2D eigenvalue weighted by Gasteiger charge is 2.52. The van der Waals surface area contributed by atoms with Crippen molar-refractivity contribution in [2.45, 2.75) is 57.9 Å². The number of hydrogen-bond donors (Lipinski definition) is 1. The molecule has 0 aromatic rings. The minimum atomic E-state index is -0.550. The highest BCUT2D eigenvalue weighted by Crippen LogP contribution is 2.50. The van der Waals surface area contributed by atoms with Gasteiger partial charge in [-0.2, -0.15) is 0 Å². The molecule has 1 saturated heterocycles. The Morgan fingerprint density at radius 1 is 1.29 bits per heavy atom. The molecule has 3 nitrogen and oxygen atoms in total. The predicted octanol–water partition coefficient (Wildman–Crippen LogP) is 2.75. The van der Waals surface area contributed by atoms with E-state index in [4.69, 9.17) is 0 Å². The van der Waals surface area contributed by atoms with Gasteiger partial charge in [-0.25, -0.2) is 0 Å². The molecular formula is C14H25NO2. The van der Waals surface area contributed by atoms with E-state index in [2.05, 4.69) is 25.8 Å². The maximum atomic E-state index is 11.8. The van der Waals surface area contributed by atoms with Gasteiger partial charge in [-0.05, 0) is 59.0 Å². The predicted molar refractivity (Wildman–Crippen MR) is 68.0 cm³/mol. The molecule has 0 bridgehead atoms. The molecular weight excluding hydrogens is 214 g/mol. The average molecular weight is 239 g/mol. The number of nitrogens with zero attached hydrogens (tertiary/aromatic N) is 1. The zero-order valence-corrected chi connectivity index (χ0v) is 11.3. The molecule has 98 valence electrons. The first-order chi connectivity index (χ1) is 7.88. The van der Waals surface area contributed by atoms with Crippen LogP contribution in [0.3, 0.4) is 0 Å².